The highest BCUT2D eigenvalue weighted by Gasteiger charge is 2.31. The third-order valence-corrected chi connectivity index (χ3v) is 5.87. The van der Waals surface area contributed by atoms with Crippen LogP contribution in [0, 0.1) is 0 Å². The minimum absolute atomic E-state index is 0.00632. The fraction of sp³-hybridized carbons (Fsp3) is 0.538. The molecule has 1 aromatic rings. The first-order valence-electron chi connectivity index (χ1n) is 6.37. The third kappa shape index (κ3) is 3.19. The number of hydrogen-bond donors (Lipinski definition) is 3. The van der Waals surface area contributed by atoms with E-state index in [9.17, 15) is 18.6 Å². The summed E-state index contributed by atoms with van der Waals surface area (Å²) in [6, 6.07) is 4.24. The summed E-state index contributed by atoms with van der Waals surface area (Å²) in [5.74, 6) is 0.291. The fourth-order valence-corrected chi connectivity index (χ4v) is 4.18. The van der Waals surface area contributed by atoms with Crippen molar-refractivity contribution in [1.82, 2.24) is 5.32 Å². The minimum atomic E-state index is -2.95. The van der Waals surface area contributed by atoms with E-state index in [0.29, 0.717) is 18.5 Å². The van der Waals surface area contributed by atoms with E-state index in [1.54, 1.807) is 6.07 Å². The summed E-state index contributed by atoms with van der Waals surface area (Å²) >= 11 is 0. The molecule has 2 rings (SSSR count). The average molecular weight is 285 g/mol. The van der Waals surface area contributed by atoms with Gasteiger partial charge in [-0.05, 0) is 25.8 Å². The van der Waals surface area contributed by atoms with Crippen LogP contribution in [0.5, 0.6) is 11.5 Å². The van der Waals surface area contributed by atoms with Gasteiger partial charge in [0.05, 0.1) is 11.0 Å². The molecule has 6 heteroatoms. The summed E-state index contributed by atoms with van der Waals surface area (Å²) in [4.78, 5) is 0. The molecule has 0 radical (unpaired) electrons. The van der Waals surface area contributed by atoms with Gasteiger partial charge in [0, 0.05) is 24.2 Å². The first-order valence-corrected chi connectivity index (χ1v) is 8.08. The summed E-state index contributed by atoms with van der Waals surface area (Å²) in [5, 5.41) is 21.8. The number of sulfone groups is 1. The Hall–Kier alpha value is -1.27. The minimum Gasteiger partial charge on any atom is -0.508 e. The van der Waals surface area contributed by atoms with E-state index in [4.69, 9.17) is 0 Å². The van der Waals surface area contributed by atoms with Crippen LogP contribution >= 0.6 is 0 Å². The standard InChI is InChI=1S/C13H19NO4S/c1-9(12-5-4-10(15)7-13(12)16)14-8-11-3-2-6-19(11,17)18/h4-5,7,9,11,14-16H,2-3,6,8H2,1H3. The first-order chi connectivity index (χ1) is 8.90. The third-order valence-electron chi connectivity index (χ3n) is 3.60. The number of phenolic OH excluding ortho intramolecular Hbond substituents is 2. The normalized spacial score (nSPS) is 23.3. The van der Waals surface area contributed by atoms with Crippen molar-refractivity contribution in [2.24, 2.45) is 0 Å². The van der Waals surface area contributed by atoms with Crippen molar-refractivity contribution in [3.63, 3.8) is 0 Å². The molecule has 0 bridgehead atoms. The van der Waals surface area contributed by atoms with Crippen LogP contribution in [0.2, 0.25) is 0 Å². The number of rotatable bonds is 4. The summed E-state index contributed by atoms with van der Waals surface area (Å²) < 4.78 is 23.4. The number of aromatic hydroxyl groups is 2. The van der Waals surface area contributed by atoms with Crippen molar-refractivity contribution in [2.75, 3.05) is 12.3 Å². The van der Waals surface area contributed by atoms with Crippen molar-refractivity contribution in [3.8, 4) is 11.5 Å². The van der Waals surface area contributed by atoms with Crippen molar-refractivity contribution in [2.45, 2.75) is 31.1 Å². The van der Waals surface area contributed by atoms with Gasteiger partial charge < -0.3 is 15.5 Å². The SMILES string of the molecule is CC(NCC1CCCS1(=O)=O)c1ccc(O)cc1O. The molecule has 5 nitrogen and oxygen atoms in total. The van der Waals surface area contributed by atoms with Crippen LogP contribution in [0.15, 0.2) is 18.2 Å². The molecule has 3 N–H and O–H groups in total. The molecule has 0 saturated carbocycles. The molecular formula is C13H19NO4S. The summed E-state index contributed by atoms with van der Waals surface area (Å²) in [6.07, 6.45) is 1.43. The molecule has 1 aliphatic rings. The molecule has 0 aliphatic carbocycles. The smallest absolute Gasteiger partial charge is 0.154 e. The molecule has 106 valence electrons. The lowest BCUT2D eigenvalue weighted by Crippen LogP contribution is -2.32. The lowest BCUT2D eigenvalue weighted by Gasteiger charge is -2.18. The Morgan fingerprint density at radius 3 is 2.74 bits per heavy atom. The predicted molar refractivity (Wildman–Crippen MR) is 73.0 cm³/mol. The van der Waals surface area contributed by atoms with Gasteiger partial charge in [-0.25, -0.2) is 8.42 Å². The molecule has 0 aromatic heterocycles. The zero-order valence-electron chi connectivity index (χ0n) is 10.8. The summed E-state index contributed by atoms with van der Waals surface area (Å²) in [5.41, 5.74) is 0.646. The summed E-state index contributed by atoms with van der Waals surface area (Å²) in [7, 11) is -2.95. The van der Waals surface area contributed by atoms with Crippen molar-refractivity contribution in [3.05, 3.63) is 23.8 Å². The lowest BCUT2D eigenvalue weighted by molar-refractivity contribution is 0.435. The number of phenols is 2. The monoisotopic (exact) mass is 285 g/mol. The average Bonchev–Trinajstić information content (AvgIpc) is 2.65. The van der Waals surface area contributed by atoms with Gasteiger partial charge in [0.15, 0.2) is 9.84 Å². The van der Waals surface area contributed by atoms with Crippen LogP contribution in [0.1, 0.15) is 31.4 Å². The Morgan fingerprint density at radius 1 is 1.42 bits per heavy atom. The van der Waals surface area contributed by atoms with Crippen LogP contribution in [0.3, 0.4) is 0 Å². The topological polar surface area (TPSA) is 86.6 Å². The molecule has 0 amide bonds. The zero-order valence-corrected chi connectivity index (χ0v) is 11.7. The van der Waals surface area contributed by atoms with Gasteiger partial charge in [-0.3, -0.25) is 0 Å². The van der Waals surface area contributed by atoms with Crippen LogP contribution in [-0.2, 0) is 9.84 Å². The molecule has 1 fully saturated rings. The van der Waals surface area contributed by atoms with Crippen LogP contribution in [0.4, 0.5) is 0 Å². The van der Waals surface area contributed by atoms with Crippen LogP contribution < -0.4 is 5.32 Å². The highest BCUT2D eigenvalue weighted by Crippen LogP contribution is 2.28. The number of benzene rings is 1. The van der Waals surface area contributed by atoms with E-state index in [1.165, 1.54) is 12.1 Å². The Labute approximate surface area is 113 Å². The Balaban J connectivity index is 2.00. The van der Waals surface area contributed by atoms with E-state index in [2.05, 4.69) is 5.32 Å². The van der Waals surface area contributed by atoms with E-state index in [1.807, 2.05) is 6.92 Å². The molecular weight excluding hydrogens is 266 g/mol. The molecule has 0 spiro atoms. The second-order valence-electron chi connectivity index (χ2n) is 5.00. The molecule has 1 aliphatic heterocycles. The van der Waals surface area contributed by atoms with E-state index in [-0.39, 0.29) is 28.5 Å². The molecule has 2 unspecified atom stereocenters. The van der Waals surface area contributed by atoms with Gasteiger partial charge in [0.1, 0.15) is 11.5 Å². The highest BCUT2D eigenvalue weighted by molar-refractivity contribution is 7.92. The number of hydrogen-bond acceptors (Lipinski definition) is 5. The first kappa shape index (κ1) is 14.1. The van der Waals surface area contributed by atoms with Gasteiger partial charge in [-0.2, -0.15) is 0 Å². The molecule has 1 aromatic carbocycles. The second kappa shape index (κ2) is 5.38. The zero-order chi connectivity index (χ0) is 14.0. The predicted octanol–water partition coefficient (Wildman–Crippen LogP) is 1.33. The molecule has 2 atom stereocenters. The highest BCUT2D eigenvalue weighted by atomic mass is 32.2. The second-order valence-corrected chi connectivity index (χ2v) is 7.40. The van der Waals surface area contributed by atoms with Gasteiger partial charge in [-0.15, -0.1) is 0 Å². The largest absolute Gasteiger partial charge is 0.508 e. The van der Waals surface area contributed by atoms with Crippen LogP contribution in [0.25, 0.3) is 0 Å². The van der Waals surface area contributed by atoms with Crippen molar-refractivity contribution < 1.29 is 18.6 Å². The van der Waals surface area contributed by atoms with Crippen molar-refractivity contribution in [1.29, 1.82) is 0 Å². The summed E-state index contributed by atoms with van der Waals surface area (Å²) in [6.45, 7) is 2.25. The van der Waals surface area contributed by atoms with E-state index >= 15 is 0 Å². The van der Waals surface area contributed by atoms with Crippen LogP contribution in [-0.4, -0.2) is 36.2 Å². The number of nitrogens with one attached hydrogen (secondary N) is 1. The lowest BCUT2D eigenvalue weighted by atomic mass is 10.1. The van der Waals surface area contributed by atoms with Gasteiger partial charge in [0.25, 0.3) is 0 Å². The van der Waals surface area contributed by atoms with Gasteiger partial charge in [-0.1, -0.05) is 6.07 Å². The van der Waals surface area contributed by atoms with E-state index < -0.39 is 9.84 Å². The Bertz CT molecular complexity index is 556. The van der Waals surface area contributed by atoms with E-state index in [0.717, 1.165) is 6.42 Å². The Kier molecular flexibility index (Phi) is 4.01. The van der Waals surface area contributed by atoms with Gasteiger partial charge >= 0.3 is 0 Å². The molecule has 1 saturated heterocycles. The Morgan fingerprint density at radius 2 is 2.16 bits per heavy atom. The quantitative estimate of drug-likeness (QED) is 0.777. The van der Waals surface area contributed by atoms with Gasteiger partial charge in [0.2, 0.25) is 0 Å². The maximum Gasteiger partial charge on any atom is 0.154 e. The molecule has 1 heterocycles. The molecule has 19 heavy (non-hydrogen) atoms. The maximum absolute atomic E-state index is 11.7. The van der Waals surface area contributed by atoms with Crippen molar-refractivity contribution >= 4 is 9.84 Å². The maximum atomic E-state index is 11.7. The fourth-order valence-electron chi connectivity index (χ4n) is 2.40.